The van der Waals surface area contributed by atoms with Gasteiger partial charge in [-0.2, -0.15) is 11.8 Å². The number of rotatable bonds is 6. The predicted molar refractivity (Wildman–Crippen MR) is 129 cm³/mol. The molecule has 0 amide bonds. The normalized spacial score (nSPS) is 22.3. The van der Waals surface area contributed by atoms with Crippen LogP contribution in [0.25, 0.3) is 22.4 Å². The van der Waals surface area contributed by atoms with Crippen LogP contribution in [0.3, 0.4) is 0 Å². The first kappa shape index (κ1) is 22.4. The molecule has 174 valence electrons. The predicted octanol–water partition coefficient (Wildman–Crippen LogP) is 2.51. The van der Waals surface area contributed by atoms with E-state index in [4.69, 9.17) is 21.4 Å². The van der Waals surface area contributed by atoms with Gasteiger partial charge in [0.25, 0.3) is 0 Å². The van der Waals surface area contributed by atoms with Crippen LogP contribution >= 0.6 is 11.8 Å². The van der Waals surface area contributed by atoms with Gasteiger partial charge in [0.1, 0.15) is 30.0 Å². The number of aliphatic hydroxyl groups excluding tert-OH is 2. The summed E-state index contributed by atoms with van der Waals surface area (Å²) < 4.78 is 13.2. The number of aryl methyl sites for hydroxylation is 1. The summed E-state index contributed by atoms with van der Waals surface area (Å²) in [7, 11) is 0. The summed E-state index contributed by atoms with van der Waals surface area (Å²) in [6.07, 6.45) is 4.87. The van der Waals surface area contributed by atoms with E-state index >= 15 is 0 Å². The molecule has 0 bridgehead atoms. The molecule has 1 aliphatic rings. The zero-order valence-electron chi connectivity index (χ0n) is 18.3. The van der Waals surface area contributed by atoms with E-state index < -0.39 is 24.5 Å². The van der Waals surface area contributed by atoms with Crippen LogP contribution in [0.5, 0.6) is 0 Å². The fourth-order valence-corrected chi connectivity index (χ4v) is 5.33. The van der Waals surface area contributed by atoms with Gasteiger partial charge in [-0.3, -0.25) is 0 Å². The van der Waals surface area contributed by atoms with Gasteiger partial charge in [0.15, 0.2) is 12.0 Å². The van der Waals surface area contributed by atoms with E-state index in [-0.39, 0.29) is 5.82 Å². The van der Waals surface area contributed by atoms with E-state index in [9.17, 15) is 10.2 Å². The van der Waals surface area contributed by atoms with Gasteiger partial charge in [0.2, 0.25) is 0 Å². The average molecular weight is 478 g/mol. The molecule has 1 saturated heterocycles. The highest BCUT2D eigenvalue weighted by atomic mass is 32.2. The third-order valence-electron chi connectivity index (χ3n) is 5.95. The molecule has 0 unspecified atom stereocenters. The molecule has 1 aliphatic heterocycles. The van der Waals surface area contributed by atoms with Crippen LogP contribution in [0.1, 0.15) is 23.0 Å². The van der Waals surface area contributed by atoms with E-state index in [1.807, 2.05) is 37.3 Å². The lowest BCUT2D eigenvalue weighted by Crippen LogP contribution is -2.32. The Bertz CT molecular complexity index is 1360. The van der Waals surface area contributed by atoms with Gasteiger partial charge in [-0.05, 0) is 6.92 Å². The molecule has 3 aromatic heterocycles. The largest absolute Gasteiger partial charge is 0.387 e. The Morgan fingerprint density at radius 2 is 2.00 bits per heavy atom. The third-order valence-corrected chi connectivity index (χ3v) is 7.01. The fraction of sp³-hybridized carbons (Fsp3) is 0.292. The van der Waals surface area contributed by atoms with Crippen molar-refractivity contribution in [3.8, 4) is 23.7 Å². The van der Waals surface area contributed by atoms with Crippen LogP contribution < -0.4 is 5.73 Å². The molecule has 4 heterocycles. The number of terminal acetylenes is 1. The smallest absolute Gasteiger partial charge is 0.171 e. The number of anilines is 1. The van der Waals surface area contributed by atoms with Gasteiger partial charge < -0.3 is 29.8 Å². The molecule has 0 aliphatic carbocycles. The Balaban J connectivity index is 1.32. The summed E-state index contributed by atoms with van der Waals surface area (Å²) >= 11 is 1.57. The SMILES string of the molecule is C#Cc1cn([C@@H]2O[C@H](CSCc3c(C)noc3-c3ccccc3)[C@@H](O)[C@H]2O)c2ncnc(N)c12. The Morgan fingerprint density at radius 1 is 1.21 bits per heavy atom. The van der Waals surface area contributed by atoms with Crippen LogP contribution in [-0.4, -0.2) is 54.0 Å². The third kappa shape index (κ3) is 3.82. The van der Waals surface area contributed by atoms with E-state index in [0.717, 1.165) is 22.6 Å². The maximum absolute atomic E-state index is 10.8. The number of nitrogens with zero attached hydrogens (tertiary/aromatic N) is 4. The standard InChI is InChI=1S/C24H23N5O4S/c1-3-14-9-29(23-18(14)22(25)26-12-27-23)24-20(31)19(30)17(32-24)11-34-10-16-13(2)28-33-21(16)15-7-5-4-6-8-15/h1,4-9,12,17,19-20,24,30-31H,10-11H2,2H3,(H2,25,26,27)/t17-,19-,20-,24-/m1/s1. The topological polar surface area (TPSA) is 132 Å². The lowest BCUT2D eigenvalue weighted by atomic mass is 10.1. The van der Waals surface area contributed by atoms with Crippen LogP contribution in [-0.2, 0) is 10.5 Å². The Hall–Kier alpha value is -3.36. The van der Waals surface area contributed by atoms with Crippen molar-refractivity contribution in [2.24, 2.45) is 0 Å². The maximum atomic E-state index is 10.8. The molecule has 0 radical (unpaired) electrons. The van der Waals surface area contributed by atoms with E-state index in [1.54, 1.807) is 22.5 Å². The number of hydrogen-bond donors (Lipinski definition) is 3. The molecule has 5 rings (SSSR count). The Labute approximate surface area is 199 Å². The average Bonchev–Trinajstić information content (AvgIpc) is 3.50. The number of nitrogen functional groups attached to an aromatic ring is 1. The van der Waals surface area contributed by atoms with Crippen molar-refractivity contribution in [1.29, 1.82) is 0 Å². The lowest BCUT2D eigenvalue weighted by molar-refractivity contribution is -0.0285. The van der Waals surface area contributed by atoms with Gasteiger partial charge in [0, 0.05) is 28.8 Å². The summed E-state index contributed by atoms with van der Waals surface area (Å²) in [6, 6.07) is 9.79. The highest BCUT2D eigenvalue weighted by Gasteiger charge is 2.44. The van der Waals surface area contributed by atoms with Gasteiger partial charge in [-0.15, -0.1) is 6.42 Å². The quantitative estimate of drug-likeness (QED) is 0.358. The molecule has 9 nitrogen and oxygen atoms in total. The Morgan fingerprint density at radius 3 is 2.76 bits per heavy atom. The molecule has 4 N–H and O–H groups in total. The van der Waals surface area contributed by atoms with Gasteiger partial charge >= 0.3 is 0 Å². The van der Waals surface area contributed by atoms with Gasteiger partial charge in [0.05, 0.1) is 22.7 Å². The first-order chi connectivity index (χ1) is 16.5. The molecule has 0 spiro atoms. The molecule has 4 atom stereocenters. The number of hydrogen-bond acceptors (Lipinski definition) is 9. The molecular formula is C24H23N5O4S. The Kier molecular flexibility index (Phi) is 6.02. The van der Waals surface area contributed by atoms with Gasteiger partial charge in [-0.25, -0.2) is 9.97 Å². The zero-order chi connectivity index (χ0) is 23.8. The summed E-state index contributed by atoms with van der Waals surface area (Å²) in [4.78, 5) is 8.26. The second-order valence-corrected chi connectivity index (χ2v) is 9.09. The van der Waals surface area contributed by atoms with Crippen LogP contribution in [0.4, 0.5) is 5.82 Å². The van der Waals surface area contributed by atoms with Crippen molar-refractivity contribution in [1.82, 2.24) is 19.7 Å². The molecule has 1 aromatic carbocycles. The monoisotopic (exact) mass is 477 g/mol. The first-order valence-corrected chi connectivity index (χ1v) is 11.8. The van der Waals surface area contributed by atoms with Crippen molar-refractivity contribution < 1.29 is 19.5 Å². The summed E-state index contributed by atoms with van der Waals surface area (Å²) in [5.41, 5.74) is 9.68. The second kappa shape index (κ2) is 9.12. The minimum Gasteiger partial charge on any atom is -0.387 e. The molecule has 1 fully saturated rings. The highest BCUT2D eigenvalue weighted by molar-refractivity contribution is 7.98. The van der Waals surface area contributed by atoms with Crippen molar-refractivity contribution in [3.05, 3.63) is 59.7 Å². The van der Waals surface area contributed by atoms with Crippen molar-refractivity contribution in [2.45, 2.75) is 37.2 Å². The van der Waals surface area contributed by atoms with Crippen molar-refractivity contribution in [2.75, 3.05) is 11.5 Å². The van der Waals surface area contributed by atoms with E-state index in [2.05, 4.69) is 21.0 Å². The minimum atomic E-state index is -1.17. The number of nitrogens with two attached hydrogens (primary N) is 1. The van der Waals surface area contributed by atoms with E-state index in [1.165, 1.54) is 6.33 Å². The number of thioether (sulfide) groups is 1. The lowest BCUT2D eigenvalue weighted by Gasteiger charge is -2.17. The summed E-state index contributed by atoms with van der Waals surface area (Å²) in [5, 5.41) is 26.1. The molecular weight excluding hydrogens is 454 g/mol. The molecule has 34 heavy (non-hydrogen) atoms. The van der Waals surface area contributed by atoms with Gasteiger partial charge in [-0.1, -0.05) is 41.4 Å². The fourth-order valence-electron chi connectivity index (χ4n) is 4.16. The summed E-state index contributed by atoms with van der Waals surface area (Å²) in [5.74, 6) is 4.61. The summed E-state index contributed by atoms with van der Waals surface area (Å²) in [6.45, 7) is 1.90. The minimum absolute atomic E-state index is 0.246. The van der Waals surface area contributed by atoms with Crippen LogP contribution in [0, 0.1) is 19.3 Å². The number of aromatic nitrogens is 4. The molecule has 10 heteroatoms. The zero-order valence-corrected chi connectivity index (χ0v) is 19.1. The number of aliphatic hydroxyl groups is 2. The second-order valence-electron chi connectivity index (χ2n) is 8.05. The van der Waals surface area contributed by atoms with Crippen molar-refractivity contribution in [3.63, 3.8) is 0 Å². The maximum Gasteiger partial charge on any atom is 0.171 e. The molecule has 4 aromatic rings. The number of benzene rings is 1. The highest BCUT2D eigenvalue weighted by Crippen LogP contribution is 2.36. The van der Waals surface area contributed by atoms with Crippen LogP contribution in [0.2, 0.25) is 0 Å². The molecule has 0 saturated carbocycles. The van der Waals surface area contributed by atoms with E-state index in [0.29, 0.717) is 28.1 Å². The number of ether oxygens (including phenoxy) is 1. The number of fused-ring (bicyclic) bond motifs is 1. The first-order valence-electron chi connectivity index (χ1n) is 10.7. The van der Waals surface area contributed by atoms with Crippen LogP contribution in [0.15, 0.2) is 47.4 Å². The van der Waals surface area contributed by atoms with Crippen molar-refractivity contribution >= 4 is 28.6 Å².